The second-order valence-corrected chi connectivity index (χ2v) is 4.71. The van der Waals surface area contributed by atoms with E-state index in [1.807, 2.05) is 36.4 Å². The first-order valence-electron chi connectivity index (χ1n) is 6.83. The van der Waals surface area contributed by atoms with Gasteiger partial charge in [0.1, 0.15) is 6.10 Å². The van der Waals surface area contributed by atoms with Crippen molar-refractivity contribution in [2.75, 3.05) is 13.2 Å². The van der Waals surface area contributed by atoms with Crippen LogP contribution in [0, 0.1) is 0 Å². The van der Waals surface area contributed by atoms with Crippen molar-refractivity contribution >= 4 is 5.78 Å². The van der Waals surface area contributed by atoms with Crippen LogP contribution in [0.15, 0.2) is 42.0 Å². The van der Waals surface area contributed by atoms with Gasteiger partial charge in [-0.15, -0.1) is 0 Å². The van der Waals surface area contributed by atoms with Gasteiger partial charge in [-0.1, -0.05) is 36.4 Å². The summed E-state index contributed by atoms with van der Waals surface area (Å²) in [4.78, 5) is 12.0. The fourth-order valence-corrected chi connectivity index (χ4v) is 2.29. The molecule has 0 saturated heterocycles. The molecule has 0 aromatic heterocycles. The number of carbonyl (C=O) groups excluding carboxylic acids is 1. The van der Waals surface area contributed by atoms with Gasteiger partial charge >= 0.3 is 0 Å². The summed E-state index contributed by atoms with van der Waals surface area (Å²) in [5, 5.41) is 8.85. The van der Waals surface area contributed by atoms with E-state index in [4.69, 9.17) is 9.84 Å². The minimum absolute atomic E-state index is 0.106. The topological polar surface area (TPSA) is 46.5 Å². The van der Waals surface area contributed by atoms with Gasteiger partial charge in [0.05, 0.1) is 6.61 Å². The quantitative estimate of drug-likeness (QED) is 0.800. The lowest BCUT2D eigenvalue weighted by atomic mass is 9.90. The van der Waals surface area contributed by atoms with Crippen LogP contribution in [0.25, 0.3) is 0 Å². The van der Waals surface area contributed by atoms with Gasteiger partial charge in [0, 0.05) is 18.6 Å². The summed E-state index contributed by atoms with van der Waals surface area (Å²) < 4.78 is 5.83. The molecule has 1 aliphatic carbocycles. The Balaban J connectivity index is 2.18. The molecule has 0 fully saturated rings. The lowest BCUT2D eigenvalue weighted by Gasteiger charge is -2.23. The second-order valence-electron chi connectivity index (χ2n) is 4.71. The van der Waals surface area contributed by atoms with Crippen molar-refractivity contribution in [3.8, 4) is 0 Å². The molecule has 0 radical (unpaired) electrons. The number of carbonyl (C=O) groups is 1. The van der Waals surface area contributed by atoms with Gasteiger partial charge in [0.2, 0.25) is 0 Å². The molecule has 3 nitrogen and oxygen atoms in total. The van der Waals surface area contributed by atoms with Crippen molar-refractivity contribution < 1.29 is 14.6 Å². The molecule has 1 atom stereocenters. The van der Waals surface area contributed by atoms with Gasteiger partial charge in [-0.25, -0.2) is 0 Å². The number of hydrogen-bond donors (Lipinski definition) is 1. The van der Waals surface area contributed by atoms with E-state index in [1.165, 1.54) is 0 Å². The zero-order valence-corrected chi connectivity index (χ0v) is 11.0. The maximum Gasteiger partial charge on any atom is 0.161 e. The number of ketones is 1. The van der Waals surface area contributed by atoms with Crippen LogP contribution < -0.4 is 0 Å². The van der Waals surface area contributed by atoms with Crippen molar-refractivity contribution in [1.29, 1.82) is 0 Å². The van der Waals surface area contributed by atoms with Crippen LogP contribution >= 0.6 is 0 Å². The van der Waals surface area contributed by atoms with E-state index in [2.05, 4.69) is 0 Å². The Hall–Kier alpha value is -1.45. The fourth-order valence-electron chi connectivity index (χ4n) is 2.29. The van der Waals surface area contributed by atoms with E-state index >= 15 is 0 Å². The largest absolute Gasteiger partial charge is 0.396 e. The molecule has 1 aromatic carbocycles. The van der Waals surface area contributed by atoms with Gasteiger partial charge in [-0.2, -0.15) is 0 Å². The number of aliphatic hydroxyl groups excluding tert-OH is 1. The van der Waals surface area contributed by atoms with Crippen molar-refractivity contribution in [2.24, 2.45) is 0 Å². The van der Waals surface area contributed by atoms with Crippen LogP contribution in [0.3, 0.4) is 0 Å². The number of rotatable bonds is 6. The third kappa shape index (κ3) is 3.75. The summed E-state index contributed by atoms with van der Waals surface area (Å²) in [6.45, 7) is 0.565. The number of benzene rings is 1. The molecule has 1 aliphatic rings. The average Bonchev–Trinajstić information content (AvgIpc) is 2.46. The Kier molecular flexibility index (Phi) is 5.31. The summed E-state index contributed by atoms with van der Waals surface area (Å²) in [7, 11) is 0. The number of hydrogen-bond acceptors (Lipinski definition) is 3. The molecule has 3 heteroatoms. The summed E-state index contributed by atoms with van der Waals surface area (Å²) >= 11 is 0. The van der Waals surface area contributed by atoms with Crippen LogP contribution in [0.5, 0.6) is 0 Å². The highest BCUT2D eigenvalue weighted by molar-refractivity contribution is 5.97. The molecule has 0 amide bonds. The summed E-state index contributed by atoms with van der Waals surface area (Å²) in [5.41, 5.74) is 1.78. The SMILES string of the molecule is O=C1CCCC=C1C(OCCCO)c1ccccc1. The van der Waals surface area contributed by atoms with Crippen LogP contribution in [0.1, 0.15) is 37.4 Å². The molecule has 1 unspecified atom stereocenters. The predicted molar refractivity (Wildman–Crippen MR) is 73.8 cm³/mol. The molecule has 0 heterocycles. The highest BCUT2D eigenvalue weighted by atomic mass is 16.5. The normalized spacial score (nSPS) is 17.1. The van der Waals surface area contributed by atoms with Gasteiger partial charge in [0.25, 0.3) is 0 Å². The van der Waals surface area contributed by atoms with E-state index in [-0.39, 0.29) is 18.5 Å². The molecule has 2 rings (SSSR count). The second kappa shape index (κ2) is 7.22. The number of Topliss-reactive ketones (excluding diaryl/α,β-unsaturated/α-hetero) is 1. The van der Waals surface area contributed by atoms with Gasteiger partial charge in [-0.3, -0.25) is 4.79 Å². The first-order chi connectivity index (χ1) is 9.33. The van der Waals surface area contributed by atoms with Gasteiger partial charge < -0.3 is 9.84 Å². The van der Waals surface area contributed by atoms with Crippen LogP contribution in [0.4, 0.5) is 0 Å². The Morgan fingerprint density at radius 3 is 2.74 bits per heavy atom. The third-order valence-electron chi connectivity index (χ3n) is 3.27. The monoisotopic (exact) mass is 260 g/mol. The fraction of sp³-hybridized carbons (Fsp3) is 0.438. The Morgan fingerprint density at radius 1 is 1.26 bits per heavy atom. The predicted octanol–water partition coefficient (Wildman–Crippen LogP) is 2.81. The number of allylic oxidation sites excluding steroid dienone is 1. The number of ether oxygens (including phenoxy) is 1. The minimum Gasteiger partial charge on any atom is -0.396 e. The molecule has 0 spiro atoms. The Labute approximate surface area is 113 Å². The molecular formula is C16H20O3. The van der Waals surface area contributed by atoms with Gasteiger partial charge in [-0.05, 0) is 24.8 Å². The molecule has 19 heavy (non-hydrogen) atoms. The first-order valence-corrected chi connectivity index (χ1v) is 6.83. The lowest BCUT2D eigenvalue weighted by Crippen LogP contribution is -2.18. The van der Waals surface area contributed by atoms with E-state index in [0.717, 1.165) is 24.0 Å². The smallest absolute Gasteiger partial charge is 0.161 e. The average molecular weight is 260 g/mol. The summed E-state index contributed by atoms with van der Waals surface area (Å²) in [6.07, 6.45) is 4.78. The Morgan fingerprint density at radius 2 is 2.05 bits per heavy atom. The zero-order valence-electron chi connectivity index (χ0n) is 11.0. The van der Waals surface area contributed by atoms with Crippen LogP contribution in [0.2, 0.25) is 0 Å². The minimum atomic E-state index is -0.291. The number of aliphatic hydroxyl groups is 1. The van der Waals surface area contributed by atoms with Crippen molar-refractivity contribution in [1.82, 2.24) is 0 Å². The van der Waals surface area contributed by atoms with Crippen molar-refractivity contribution in [3.05, 3.63) is 47.5 Å². The van der Waals surface area contributed by atoms with E-state index in [9.17, 15) is 4.79 Å². The molecule has 0 aliphatic heterocycles. The highest BCUT2D eigenvalue weighted by Gasteiger charge is 2.24. The highest BCUT2D eigenvalue weighted by Crippen LogP contribution is 2.30. The molecule has 0 saturated carbocycles. The first kappa shape index (κ1) is 14.0. The molecule has 0 bridgehead atoms. The molecule has 1 aromatic rings. The van der Waals surface area contributed by atoms with E-state index in [0.29, 0.717) is 19.4 Å². The lowest BCUT2D eigenvalue weighted by molar-refractivity contribution is -0.117. The van der Waals surface area contributed by atoms with Crippen molar-refractivity contribution in [2.45, 2.75) is 31.8 Å². The Bertz CT molecular complexity index is 437. The zero-order chi connectivity index (χ0) is 13.5. The van der Waals surface area contributed by atoms with Crippen LogP contribution in [-0.2, 0) is 9.53 Å². The standard InChI is InChI=1S/C16H20O3/c17-11-6-12-19-16(13-7-2-1-3-8-13)14-9-4-5-10-15(14)18/h1-3,7-9,16-17H,4-6,10-12H2. The molecule has 1 N–H and O–H groups in total. The van der Waals surface area contributed by atoms with E-state index < -0.39 is 0 Å². The molecule has 102 valence electrons. The maximum absolute atomic E-state index is 12.0. The molecular weight excluding hydrogens is 240 g/mol. The summed E-state index contributed by atoms with van der Waals surface area (Å²) in [6, 6.07) is 9.81. The summed E-state index contributed by atoms with van der Waals surface area (Å²) in [5.74, 6) is 0.184. The third-order valence-corrected chi connectivity index (χ3v) is 3.27. The van der Waals surface area contributed by atoms with E-state index in [1.54, 1.807) is 0 Å². The van der Waals surface area contributed by atoms with Crippen molar-refractivity contribution in [3.63, 3.8) is 0 Å². The maximum atomic E-state index is 12.0. The van der Waals surface area contributed by atoms with Gasteiger partial charge in [0.15, 0.2) is 5.78 Å². The van der Waals surface area contributed by atoms with Crippen LogP contribution in [-0.4, -0.2) is 24.1 Å².